The number of carbonyl (C=O) groups is 1. The third-order valence-corrected chi connectivity index (χ3v) is 4.20. The number of rotatable bonds is 6. The molecule has 0 bridgehead atoms. The van der Waals surface area contributed by atoms with Gasteiger partial charge in [0.2, 0.25) is 10.9 Å². The first-order chi connectivity index (χ1) is 9.56. The van der Waals surface area contributed by atoms with Crippen LogP contribution in [0.25, 0.3) is 4.96 Å². The second-order valence-corrected chi connectivity index (χ2v) is 6.01. The van der Waals surface area contributed by atoms with Gasteiger partial charge >= 0.3 is 0 Å². The number of hydrogen-bond acceptors (Lipinski definition) is 5. The predicted octanol–water partition coefficient (Wildman–Crippen LogP) is 2.11. The van der Waals surface area contributed by atoms with Crippen LogP contribution in [0.3, 0.4) is 0 Å². The molecule has 0 fully saturated rings. The van der Waals surface area contributed by atoms with Crippen LogP contribution in [0, 0.1) is 0 Å². The van der Waals surface area contributed by atoms with Crippen molar-refractivity contribution in [2.45, 2.75) is 46.5 Å². The maximum absolute atomic E-state index is 12.0. The Bertz CT molecular complexity index is 585. The fraction of sp³-hybridized carbons (Fsp3) is 0.692. The quantitative estimate of drug-likeness (QED) is 0.819. The minimum Gasteiger partial charge on any atom is -0.343 e. The Kier molecular flexibility index (Phi) is 4.69. The van der Waals surface area contributed by atoms with E-state index in [1.165, 1.54) is 11.3 Å². The van der Waals surface area contributed by atoms with Gasteiger partial charge in [-0.15, -0.1) is 10.2 Å². The summed E-state index contributed by atoms with van der Waals surface area (Å²) in [6.07, 6.45) is 1.17. The highest BCUT2D eigenvalue weighted by Crippen LogP contribution is 2.19. The van der Waals surface area contributed by atoms with Gasteiger partial charge in [0.15, 0.2) is 5.82 Å². The van der Waals surface area contributed by atoms with E-state index in [1.54, 1.807) is 4.52 Å². The van der Waals surface area contributed by atoms with E-state index in [0.29, 0.717) is 12.8 Å². The van der Waals surface area contributed by atoms with Gasteiger partial charge in [-0.1, -0.05) is 25.2 Å². The first kappa shape index (κ1) is 14.9. The van der Waals surface area contributed by atoms with Crippen LogP contribution in [0.1, 0.15) is 50.9 Å². The lowest BCUT2D eigenvalue weighted by atomic mass is 10.2. The zero-order valence-electron chi connectivity index (χ0n) is 12.5. The maximum atomic E-state index is 12.0. The molecule has 2 heterocycles. The highest BCUT2D eigenvalue weighted by molar-refractivity contribution is 7.16. The van der Waals surface area contributed by atoms with Crippen molar-refractivity contribution in [1.29, 1.82) is 0 Å². The first-order valence-corrected chi connectivity index (χ1v) is 7.87. The third-order valence-electron chi connectivity index (χ3n) is 3.24. The number of nitrogens with zero attached hydrogens (tertiary/aromatic N) is 5. The predicted molar refractivity (Wildman–Crippen MR) is 79.0 cm³/mol. The van der Waals surface area contributed by atoms with Crippen LogP contribution < -0.4 is 0 Å². The molecule has 2 aromatic heterocycles. The molecule has 0 N–H and O–H groups in total. The standard InChI is InChI=1S/C13H21N5OS/c1-5-17(6-2)11(19)8-7-10-16-18-12(9(3)4)14-15-13(18)20-10/h9H,5-8H2,1-4H3. The van der Waals surface area contributed by atoms with Crippen LogP contribution in [0.5, 0.6) is 0 Å². The van der Waals surface area contributed by atoms with Gasteiger partial charge in [-0.05, 0) is 13.8 Å². The summed E-state index contributed by atoms with van der Waals surface area (Å²) in [7, 11) is 0. The van der Waals surface area contributed by atoms with Crippen molar-refractivity contribution >= 4 is 22.2 Å². The zero-order chi connectivity index (χ0) is 14.7. The fourth-order valence-electron chi connectivity index (χ4n) is 2.08. The molecule has 2 aromatic rings. The SMILES string of the molecule is CCN(CC)C(=O)CCc1nn2c(C(C)C)nnc2s1. The molecule has 1 amide bonds. The van der Waals surface area contributed by atoms with Crippen molar-refractivity contribution in [3.8, 4) is 0 Å². The Morgan fingerprint density at radius 2 is 2.00 bits per heavy atom. The van der Waals surface area contributed by atoms with Crippen LogP contribution in [0.2, 0.25) is 0 Å². The topological polar surface area (TPSA) is 63.4 Å². The molecular formula is C13H21N5OS. The Morgan fingerprint density at radius 3 is 2.60 bits per heavy atom. The molecule has 0 unspecified atom stereocenters. The van der Waals surface area contributed by atoms with E-state index < -0.39 is 0 Å². The molecule has 0 aliphatic carbocycles. The van der Waals surface area contributed by atoms with E-state index >= 15 is 0 Å². The number of aryl methyl sites for hydroxylation is 1. The second kappa shape index (κ2) is 6.30. The van der Waals surface area contributed by atoms with Crippen molar-refractivity contribution in [2.75, 3.05) is 13.1 Å². The van der Waals surface area contributed by atoms with E-state index in [1.807, 2.05) is 18.7 Å². The van der Waals surface area contributed by atoms with Crippen LogP contribution in [-0.2, 0) is 11.2 Å². The van der Waals surface area contributed by atoms with Crippen LogP contribution in [0.4, 0.5) is 0 Å². The minimum atomic E-state index is 0.185. The molecule has 2 rings (SSSR count). The largest absolute Gasteiger partial charge is 0.343 e. The number of fused-ring (bicyclic) bond motifs is 1. The van der Waals surface area contributed by atoms with Gasteiger partial charge < -0.3 is 4.90 Å². The summed E-state index contributed by atoms with van der Waals surface area (Å²) >= 11 is 1.51. The summed E-state index contributed by atoms with van der Waals surface area (Å²) in [6.45, 7) is 9.66. The molecule has 0 aromatic carbocycles. The monoisotopic (exact) mass is 295 g/mol. The summed E-state index contributed by atoms with van der Waals surface area (Å²) in [5.41, 5.74) is 0. The molecule has 20 heavy (non-hydrogen) atoms. The summed E-state index contributed by atoms with van der Waals surface area (Å²) in [5.74, 6) is 1.35. The van der Waals surface area contributed by atoms with Gasteiger partial charge in [0.1, 0.15) is 5.01 Å². The van der Waals surface area contributed by atoms with Gasteiger partial charge in [0, 0.05) is 31.8 Å². The Hall–Kier alpha value is -1.50. The lowest BCUT2D eigenvalue weighted by Crippen LogP contribution is -2.30. The first-order valence-electron chi connectivity index (χ1n) is 7.05. The van der Waals surface area contributed by atoms with Crippen molar-refractivity contribution in [3.63, 3.8) is 0 Å². The van der Waals surface area contributed by atoms with E-state index in [-0.39, 0.29) is 11.8 Å². The summed E-state index contributed by atoms with van der Waals surface area (Å²) in [6, 6.07) is 0. The van der Waals surface area contributed by atoms with Gasteiger partial charge in [0.25, 0.3) is 0 Å². The lowest BCUT2D eigenvalue weighted by Gasteiger charge is -2.17. The number of carbonyl (C=O) groups excluding carboxylic acids is 1. The van der Waals surface area contributed by atoms with E-state index in [0.717, 1.165) is 28.9 Å². The average molecular weight is 295 g/mol. The fourth-order valence-corrected chi connectivity index (χ4v) is 2.92. The molecule has 0 spiro atoms. The summed E-state index contributed by atoms with van der Waals surface area (Å²) in [4.78, 5) is 14.6. The Labute approximate surface area is 122 Å². The minimum absolute atomic E-state index is 0.185. The average Bonchev–Trinajstić information content (AvgIpc) is 2.96. The Morgan fingerprint density at radius 1 is 1.30 bits per heavy atom. The zero-order valence-corrected chi connectivity index (χ0v) is 13.3. The lowest BCUT2D eigenvalue weighted by molar-refractivity contribution is -0.130. The molecule has 0 radical (unpaired) electrons. The molecule has 0 aliphatic heterocycles. The van der Waals surface area contributed by atoms with Crippen LogP contribution in [-0.4, -0.2) is 43.7 Å². The number of hydrogen-bond donors (Lipinski definition) is 0. The summed E-state index contributed by atoms with van der Waals surface area (Å²) < 4.78 is 1.80. The maximum Gasteiger partial charge on any atom is 0.234 e. The van der Waals surface area contributed by atoms with Gasteiger partial charge in [-0.25, -0.2) is 0 Å². The highest BCUT2D eigenvalue weighted by atomic mass is 32.1. The van der Waals surface area contributed by atoms with Crippen LogP contribution in [0.15, 0.2) is 0 Å². The molecule has 0 aliphatic rings. The summed E-state index contributed by atoms with van der Waals surface area (Å²) in [5, 5.41) is 13.7. The van der Waals surface area contributed by atoms with Crippen molar-refractivity contribution < 1.29 is 4.79 Å². The van der Waals surface area contributed by atoms with E-state index in [4.69, 9.17) is 0 Å². The molecular weight excluding hydrogens is 274 g/mol. The normalized spacial score (nSPS) is 11.4. The molecule has 0 saturated carbocycles. The van der Waals surface area contributed by atoms with Crippen molar-refractivity contribution in [3.05, 3.63) is 10.8 Å². The third kappa shape index (κ3) is 2.98. The number of aromatic nitrogens is 4. The van der Waals surface area contributed by atoms with E-state index in [9.17, 15) is 4.79 Å². The molecule has 6 nitrogen and oxygen atoms in total. The molecule has 7 heteroatoms. The second-order valence-electron chi connectivity index (χ2n) is 4.97. The molecule has 0 saturated heterocycles. The van der Waals surface area contributed by atoms with Gasteiger partial charge in [-0.3, -0.25) is 4.79 Å². The number of amides is 1. The Balaban J connectivity index is 2.05. The van der Waals surface area contributed by atoms with Crippen LogP contribution >= 0.6 is 11.3 Å². The van der Waals surface area contributed by atoms with Crippen molar-refractivity contribution in [1.82, 2.24) is 24.7 Å². The van der Waals surface area contributed by atoms with Gasteiger partial charge in [-0.2, -0.15) is 9.61 Å². The molecule has 110 valence electrons. The van der Waals surface area contributed by atoms with Gasteiger partial charge in [0.05, 0.1) is 0 Å². The molecule has 0 atom stereocenters. The van der Waals surface area contributed by atoms with Crippen molar-refractivity contribution in [2.24, 2.45) is 0 Å². The smallest absolute Gasteiger partial charge is 0.234 e. The van der Waals surface area contributed by atoms with E-state index in [2.05, 4.69) is 29.1 Å². The highest BCUT2D eigenvalue weighted by Gasteiger charge is 2.16.